The summed E-state index contributed by atoms with van der Waals surface area (Å²) in [5.41, 5.74) is 2.07. The molecule has 0 bridgehead atoms. The summed E-state index contributed by atoms with van der Waals surface area (Å²) in [6.45, 7) is 3.59. The van der Waals surface area contributed by atoms with Gasteiger partial charge in [0, 0.05) is 13.6 Å². The second kappa shape index (κ2) is 9.06. The van der Waals surface area contributed by atoms with Crippen LogP contribution in [0, 0.1) is 13.8 Å². The van der Waals surface area contributed by atoms with Crippen LogP contribution in [0.25, 0.3) is 0 Å². The monoisotopic (exact) mass is 449 g/mol. The first-order valence-corrected chi connectivity index (χ1v) is 11.3. The van der Waals surface area contributed by atoms with Crippen LogP contribution in [0.5, 0.6) is 5.75 Å². The van der Waals surface area contributed by atoms with Crippen LogP contribution in [-0.4, -0.2) is 60.6 Å². The Kier molecular flexibility index (Phi) is 6.65. The molecule has 168 valence electrons. The number of ether oxygens (including phenoxy) is 1. The fourth-order valence-electron chi connectivity index (χ4n) is 3.60. The molecule has 1 aliphatic heterocycles. The number of aromatic nitrogens is 2. The van der Waals surface area contributed by atoms with Crippen LogP contribution in [0.15, 0.2) is 29.2 Å². The number of rotatable bonds is 7. The predicted octanol–water partition coefficient (Wildman–Crippen LogP) is 0.954. The van der Waals surface area contributed by atoms with Crippen molar-refractivity contribution in [2.75, 3.05) is 25.5 Å². The number of carbonyl (C=O) groups is 2. The summed E-state index contributed by atoms with van der Waals surface area (Å²) in [7, 11) is -0.575. The van der Waals surface area contributed by atoms with E-state index in [1.807, 2.05) is 6.92 Å². The molecule has 31 heavy (non-hydrogen) atoms. The summed E-state index contributed by atoms with van der Waals surface area (Å²) < 4.78 is 34.0. The molecule has 1 aromatic heterocycles. The molecular weight excluding hydrogens is 422 g/mol. The molecule has 2 heterocycles. The van der Waals surface area contributed by atoms with Gasteiger partial charge in [0.25, 0.3) is 0 Å². The maximum Gasteiger partial charge on any atom is 0.243 e. The molecule has 2 amide bonds. The number of benzene rings is 1. The molecule has 10 nitrogen and oxygen atoms in total. The number of amides is 2. The zero-order valence-electron chi connectivity index (χ0n) is 18.0. The molecule has 0 spiro atoms. The molecule has 1 saturated heterocycles. The van der Waals surface area contributed by atoms with Crippen LogP contribution in [-0.2, 0) is 26.7 Å². The van der Waals surface area contributed by atoms with E-state index in [1.54, 1.807) is 30.8 Å². The van der Waals surface area contributed by atoms with E-state index in [9.17, 15) is 18.0 Å². The lowest BCUT2D eigenvalue weighted by Gasteiger charge is -2.23. The zero-order valence-corrected chi connectivity index (χ0v) is 18.8. The maximum absolute atomic E-state index is 13.0. The molecule has 1 aromatic carbocycles. The van der Waals surface area contributed by atoms with E-state index in [1.165, 1.54) is 23.5 Å². The quantitative estimate of drug-likeness (QED) is 0.649. The number of hydrogen-bond donors (Lipinski definition) is 2. The standard InChI is InChI=1S/C20H27N5O5S/c1-13-19(14(2)24(3)23-13)22-18(26)12-21-20(27)17-6-5-11-25(17)31(28,29)16-9-7-15(30-4)8-10-16/h7-10,17H,5-6,11-12H2,1-4H3,(H,21,27)(H,22,26). The van der Waals surface area contributed by atoms with Crippen molar-refractivity contribution in [2.24, 2.45) is 7.05 Å². The first kappa shape index (κ1) is 22.8. The van der Waals surface area contributed by atoms with Crippen molar-refractivity contribution in [1.29, 1.82) is 0 Å². The van der Waals surface area contributed by atoms with Crippen LogP contribution < -0.4 is 15.4 Å². The second-order valence-electron chi connectivity index (χ2n) is 7.38. The molecular formula is C20H27N5O5S. The Hall–Kier alpha value is -2.92. The van der Waals surface area contributed by atoms with Gasteiger partial charge in [-0.15, -0.1) is 0 Å². The van der Waals surface area contributed by atoms with E-state index in [0.29, 0.717) is 30.0 Å². The fourth-order valence-corrected chi connectivity index (χ4v) is 5.25. The lowest BCUT2D eigenvalue weighted by Crippen LogP contribution is -2.47. The number of methoxy groups -OCH3 is 1. The first-order valence-electron chi connectivity index (χ1n) is 9.88. The van der Waals surface area contributed by atoms with Gasteiger partial charge in [0.15, 0.2) is 0 Å². The van der Waals surface area contributed by atoms with Gasteiger partial charge in [-0.3, -0.25) is 14.3 Å². The Morgan fingerprint density at radius 2 is 1.90 bits per heavy atom. The minimum atomic E-state index is -3.85. The van der Waals surface area contributed by atoms with Gasteiger partial charge in [-0.25, -0.2) is 8.42 Å². The lowest BCUT2D eigenvalue weighted by atomic mass is 10.2. The SMILES string of the molecule is COc1ccc(S(=O)(=O)N2CCCC2C(=O)NCC(=O)Nc2c(C)nn(C)c2C)cc1. The molecule has 0 saturated carbocycles. The number of hydrogen-bond acceptors (Lipinski definition) is 6. The van der Waals surface area contributed by atoms with Crippen LogP contribution in [0.3, 0.4) is 0 Å². The summed E-state index contributed by atoms with van der Waals surface area (Å²) in [6, 6.07) is 5.16. The third kappa shape index (κ3) is 4.72. The highest BCUT2D eigenvalue weighted by Gasteiger charge is 2.39. The van der Waals surface area contributed by atoms with Gasteiger partial charge >= 0.3 is 0 Å². The van der Waals surface area contributed by atoms with E-state index in [-0.39, 0.29) is 18.0 Å². The van der Waals surface area contributed by atoms with Crippen LogP contribution in [0.2, 0.25) is 0 Å². The van der Waals surface area contributed by atoms with Gasteiger partial charge in [-0.2, -0.15) is 9.40 Å². The summed E-state index contributed by atoms with van der Waals surface area (Å²) in [6.07, 6.45) is 0.956. The summed E-state index contributed by atoms with van der Waals surface area (Å²) in [5, 5.41) is 9.53. The largest absolute Gasteiger partial charge is 0.497 e. The summed E-state index contributed by atoms with van der Waals surface area (Å²) in [5.74, 6) is -0.362. The highest BCUT2D eigenvalue weighted by molar-refractivity contribution is 7.89. The third-order valence-corrected chi connectivity index (χ3v) is 7.29. The van der Waals surface area contributed by atoms with E-state index in [2.05, 4.69) is 15.7 Å². The lowest BCUT2D eigenvalue weighted by molar-refractivity contribution is -0.126. The summed E-state index contributed by atoms with van der Waals surface area (Å²) in [4.78, 5) is 25.1. The van der Waals surface area contributed by atoms with Crippen molar-refractivity contribution in [2.45, 2.75) is 37.6 Å². The average molecular weight is 450 g/mol. The Balaban J connectivity index is 1.64. The minimum Gasteiger partial charge on any atom is -0.497 e. The smallest absolute Gasteiger partial charge is 0.243 e. The van der Waals surface area contributed by atoms with Crippen molar-refractivity contribution < 1.29 is 22.7 Å². The normalized spacial score (nSPS) is 16.8. The number of nitrogens with one attached hydrogen (secondary N) is 2. The Morgan fingerprint density at radius 1 is 1.23 bits per heavy atom. The van der Waals surface area contributed by atoms with E-state index in [0.717, 1.165) is 5.69 Å². The van der Waals surface area contributed by atoms with E-state index < -0.39 is 27.9 Å². The highest BCUT2D eigenvalue weighted by atomic mass is 32.2. The number of sulfonamides is 1. The molecule has 1 atom stereocenters. The molecule has 0 radical (unpaired) electrons. The fraction of sp³-hybridized carbons (Fsp3) is 0.450. The van der Waals surface area contributed by atoms with Gasteiger partial charge < -0.3 is 15.4 Å². The topological polar surface area (TPSA) is 123 Å². The molecule has 2 aromatic rings. The number of carbonyl (C=O) groups excluding carboxylic acids is 2. The van der Waals surface area contributed by atoms with Gasteiger partial charge in [0.2, 0.25) is 21.8 Å². The Bertz CT molecular complexity index is 1080. The molecule has 1 aliphatic rings. The highest BCUT2D eigenvalue weighted by Crippen LogP contribution is 2.27. The van der Waals surface area contributed by atoms with Gasteiger partial charge in [0.05, 0.1) is 35.6 Å². The van der Waals surface area contributed by atoms with Crippen LogP contribution in [0.1, 0.15) is 24.2 Å². The number of aryl methyl sites for hydroxylation is 2. The summed E-state index contributed by atoms with van der Waals surface area (Å²) >= 11 is 0. The molecule has 1 fully saturated rings. The molecule has 3 rings (SSSR count). The molecule has 2 N–H and O–H groups in total. The van der Waals surface area contributed by atoms with Gasteiger partial charge in [-0.1, -0.05) is 0 Å². The minimum absolute atomic E-state index is 0.0910. The first-order chi connectivity index (χ1) is 14.6. The number of nitrogens with zero attached hydrogens (tertiary/aromatic N) is 3. The predicted molar refractivity (Wildman–Crippen MR) is 114 cm³/mol. The Labute approximate surface area is 181 Å². The zero-order chi connectivity index (χ0) is 22.8. The van der Waals surface area contributed by atoms with Crippen molar-refractivity contribution in [3.05, 3.63) is 35.7 Å². The van der Waals surface area contributed by atoms with Crippen molar-refractivity contribution in [3.63, 3.8) is 0 Å². The van der Waals surface area contributed by atoms with Gasteiger partial charge in [-0.05, 0) is 51.0 Å². The van der Waals surface area contributed by atoms with Crippen molar-refractivity contribution in [1.82, 2.24) is 19.4 Å². The van der Waals surface area contributed by atoms with Crippen LogP contribution >= 0.6 is 0 Å². The van der Waals surface area contributed by atoms with Crippen molar-refractivity contribution >= 4 is 27.5 Å². The molecule has 1 unspecified atom stereocenters. The molecule has 0 aliphatic carbocycles. The van der Waals surface area contributed by atoms with E-state index in [4.69, 9.17) is 4.74 Å². The van der Waals surface area contributed by atoms with Crippen LogP contribution in [0.4, 0.5) is 5.69 Å². The Morgan fingerprint density at radius 3 is 2.48 bits per heavy atom. The van der Waals surface area contributed by atoms with Crippen molar-refractivity contribution in [3.8, 4) is 5.75 Å². The molecule has 11 heteroatoms. The number of anilines is 1. The average Bonchev–Trinajstić information content (AvgIpc) is 3.34. The second-order valence-corrected chi connectivity index (χ2v) is 9.28. The van der Waals surface area contributed by atoms with Gasteiger partial charge in [0.1, 0.15) is 11.8 Å². The van der Waals surface area contributed by atoms with E-state index >= 15 is 0 Å². The maximum atomic E-state index is 13.0. The third-order valence-electron chi connectivity index (χ3n) is 5.37.